The fourth-order valence-electron chi connectivity index (χ4n) is 5.69. The molecule has 0 N–H and O–H groups in total. The third kappa shape index (κ3) is 3.52. The number of imidazole rings is 1. The molecule has 0 aliphatic rings. The number of pyridine rings is 2. The third-order valence-electron chi connectivity index (χ3n) is 7.47. The Labute approximate surface area is 230 Å². The predicted octanol–water partition coefficient (Wildman–Crippen LogP) is 8.25. The Morgan fingerprint density at radius 3 is 1.75 bits per heavy atom. The molecule has 0 spiro atoms. The molecule has 8 aromatic rings. The summed E-state index contributed by atoms with van der Waals surface area (Å²) in [5.74, 6) is 0.855. The van der Waals surface area contributed by atoms with Gasteiger partial charge in [-0.25, -0.2) is 4.98 Å². The van der Waals surface area contributed by atoms with Crippen molar-refractivity contribution in [3.8, 4) is 33.9 Å². The van der Waals surface area contributed by atoms with E-state index in [-0.39, 0.29) is 0 Å². The molecule has 5 heteroatoms. The lowest BCUT2D eigenvalue weighted by Crippen LogP contribution is -1.98. The van der Waals surface area contributed by atoms with Gasteiger partial charge in [0.05, 0.1) is 34.0 Å². The van der Waals surface area contributed by atoms with Crippen LogP contribution in [-0.4, -0.2) is 24.1 Å². The Morgan fingerprint density at radius 1 is 0.425 bits per heavy atom. The Bertz CT molecular complexity index is 2120. The van der Waals surface area contributed by atoms with Crippen LogP contribution in [-0.2, 0) is 0 Å². The number of aromatic nitrogens is 5. The summed E-state index contributed by atoms with van der Waals surface area (Å²) in [6, 6.07) is 39.9. The number of hydrogen-bond acceptors (Lipinski definition) is 3. The molecule has 4 aromatic carbocycles. The molecule has 0 aliphatic heterocycles. The van der Waals surface area contributed by atoms with Crippen LogP contribution in [0.3, 0.4) is 0 Å². The molecule has 0 bridgehead atoms. The van der Waals surface area contributed by atoms with E-state index in [1.807, 2.05) is 55.1 Å². The highest BCUT2D eigenvalue weighted by atomic mass is 15.1. The maximum atomic E-state index is 5.02. The van der Waals surface area contributed by atoms with Crippen LogP contribution < -0.4 is 0 Å². The normalized spacial score (nSPS) is 11.5. The van der Waals surface area contributed by atoms with Gasteiger partial charge in [0.1, 0.15) is 5.82 Å². The number of nitrogens with zero attached hydrogens (tertiary/aromatic N) is 5. The van der Waals surface area contributed by atoms with Crippen molar-refractivity contribution < 1.29 is 0 Å². The lowest BCUT2D eigenvalue weighted by Gasteiger charge is -2.11. The van der Waals surface area contributed by atoms with Gasteiger partial charge in [0.25, 0.3) is 0 Å². The molecule has 8 rings (SSSR count). The smallest absolute Gasteiger partial charge is 0.147 e. The van der Waals surface area contributed by atoms with Gasteiger partial charge in [0.2, 0.25) is 0 Å². The summed E-state index contributed by atoms with van der Waals surface area (Å²) in [4.78, 5) is 14.3. The van der Waals surface area contributed by atoms with Crippen molar-refractivity contribution in [2.24, 2.45) is 0 Å². The fourth-order valence-corrected chi connectivity index (χ4v) is 5.69. The van der Waals surface area contributed by atoms with E-state index >= 15 is 0 Å². The minimum atomic E-state index is 0.855. The highest BCUT2D eigenvalue weighted by Crippen LogP contribution is 2.34. The van der Waals surface area contributed by atoms with Gasteiger partial charge in [0.15, 0.2) is 0 Å². The first-order chi connectivity index (χ1) is 19.8. The van der Waals surface area contributed by atoms with Gasteiger partial charge in [0, 0.05) is 51.7 Å². The van der Waals surface area contributed by atoms with E-state index in [4.69, 9.17) is 4.98 Å². The van der Waals surface area contributed by atoms with Gasteiger partial charge in [-0.05, 0) is 48.5 Å². The molecule has 0 fully saturated rings. The first-order valence-corrected chi connectivity index (χ1v) is 13.3. The average molecular weight is 514 g/mol. The Balaban J connectivity index is 1.29. The summed E-state index contributed by atoms with van der Waals surface area (Å²) in [5, 5.41) is 2.46. The molecule has 0 aliphatic carbocycles. The van der Waals surface area contributed by atoms with E-state index < -0.39 is 0 Å². The molecule has 188 valence electrons. The summed E-state index contributed by atoms with van der Waals surface area (Å²) in [6.07, 6.45) is 7.60. The van der Waals surface area contributed by atoms with Crippen molar-refractivity contribution in [1.82, 2.24) is 24.1 Å². The molecule has 4 heterocycles. The van der Waals surface area contributed by atoms with E-state index in [2.05, 4.69) is 104 Å². The molecule has 0 saturated heterocycles. The van der Waals surface area contributed by atoms with Gasteiger partial charge in [-0.15, -0.1) is 0 Å². The van der Waals surface area contributed by atoms with E-state index in [9.17, 15) is 0 Å². The van der Waals surface area contributed by atoms with E-state index in [1.54, 1.807) is 0 Å². The molecule has 4 aromatic heterocycles. The molecule has 0 unspecified atom stereocenters. The zero-order chi connectivity index (χ0) is 26.5. The van der Waals surface area contributed by atoms with Crippen molar-refractivity contribution >= 4 is 32.8 Å². The monoisotopic (exact) mass is 513 g/mol. The fraction of sp³-hybridized carbons (Fsp3) is 0. The Morgan fingerprint density at radius 2 is 1.00 bits per heavy atom. The summed E-state index contributed by atoms with van der Waals surface area (Å²) in [7, 11) is 0. The van der Waals surface area contributed by atoms with Crippen LogP contribution in [0, 0.1) is 0 Å². The van der Waals surface area contributed by atoms with Crippen LogP contribution in [0.15, 0.2) is 140 Å². The van der Waals surface area contributed by atoms with Crippen molar-refractivity contribution in [3.05, 3.63) is 140 Å². The van der Waals surface area contributed by atoms with Gasteiger partial charge in [-0.2, -0.15) is 0 Å². The molecule has 40 heavy (non-hydrogen) atoms. The second kappa shape index (κ2) is 9.03. The molecular weight excluding hydrogens is 490 g/mol. The van der Waals surface area contributed by atoms with Crippen molar-refractivity contribution in [1.29, 1.82) is 0 Å². The first-order valence-electron chi connectivity index (χ1n) is 13.3. The number of para-hydroxylation sites is 5. The van der Waals surface area contributed by atoms with Crippen LogP contribution in [0.1, 0.15) is 0 Å². The topological polar surface area (TPSA) is 48.5 Å². The van der Waals surface area contributed by atoms with E-state index in [0.717, 1.165) is 56.0 Å². The highest BCUT2D eigenvalue weighted by Gasteiger charge is 2.16. The van der Waals surface area contributed by atoms with Crippen LogP contribution in [0.5, 0.6) is 0 Å². The second-order valence-electron chi connectivity index (χ2n) is 9.86. The first kappa shape index (κ1) is 22.4. The van der Waals surface area contributed by atoms with Crippen LogP contribution in [0.25, 0.3) is 66.7 Å². The zero-order valence-electron chi connectivity index (χ0n) is 21.5. The Hall–Kier alpha value is -5.55. The molecule has 5 nitrogen and oxygen atoms in total. The SMILES string of the molecule is c1ccc(-n2c(-c3cncc(-c4cncc(-n5c6ccccc6c6ccccc65)c4)c3)nc3ccccc32)cc1. The summed E-state index contributed by atoms with van der Waals surface area (Å²) >= 11 is 0. The highest BCUT2D eigenvalue weighted by molar-refractivity contribution is 6.09. The standard InChI is InChI=1S/C35H23N5/c1-2-10-27(11-3-1)40-34-17-9-6-14-31(34)38-35(40)26-18-24(20-36-22-26)25-19-28(23-37-21-25)39-32-15-7-4-12-29(32)30-13-5-8-16-33(30)39/h1-23H. The quantitative estimate of drug-likeness (QED) is 0.238. The molecular formula is C35H23N5. The third-order valence-corrected chi connectivity index (χ3v) is 7.47. The van der Waals surface area contributed by atoms with Crippen LogP contribution >= 0.6 is 0 Å². The Kier molecular flexibility index (Phi) is 5.07. The largest absolute Gasteiger partial charge is 0.308 e. The van der Waals surface area contributed by atoms with Crippen molar-refractivity contribution in [2.45, 2.75) is 0 Å². The minimum Gasteiger partial charge on any atom is -0.308 e. The molecule has 0 saturated carbocycles. The number of benzene rings is 4. The van der Waals surface area contributed by atoms with E-state index in [0.29, 0.717) is 0 Å². The molecule has 0 amide bonds. The zero-order valence-corrected chi connectivity index (χ0v) is 21.5. The predicted molar refractivity (Wildman–Crippen MR) is 162 cm³/mol. The second-order valence-corrected chi connectivity index (χ2v) is 9.86. The van der Waals surface area contributed by atoms with Crippen LogP contribution in [0.2, 0.25) is 0 Å². The van der Waals surface area contributed by atoms with Gasteiger partial charge in [-0.3, -0.25) is 14.5 Å². The average Bonchev–Trinajstić information content (AvgIpc) is 3.58. The van der Waals surface area contributed by atoms with Gasteiger partial charge < -0.3 is 4.57 Å². The summed E-state index contributed by atoms with van der Waals surface area (Å²) in [6.45, 7) is 0. The lowest BCUT2D eigenvalue weighted by molar-refractivity contribution is 1.10. The minimum absolute atomic E-state index is 0.855. The van der Waals surface area contributed by atoms with Crippen molar-refractivity contribution in [2.75, 3.05) is 0 Å². The lowest BCUT2D eigenvalue weighted by atomic mass is 10.1. The maximum Gasteiger partial charge on any atom is 0.147 e. The molecule has 0 atom stereocenters. The summed E-state index contributed by atoms with van der Waals surface area (Å²) in [5.41, 5.74) is 9.32. The van der Waals surface area contributed by atoms with Gasteiger partial charge in [-0.1, -0.05) is 66.7 Å². The molecule has 0 radical (unpaired) electrons. The van der Waals surface area contributed by atoms with Crippen LogP contribution in [0.4, 0.5) is 0 Å². The summed E-state index contributed by atoms with van der Waals surface area (Å²) < 4.78 is 4.48. The van der Waals surface area contributed by atoms with Gasteiger partial charge >= 0.3 is 0 Å². The maximum absolute atomic E-state index is 5.02. The number of hydrogen-bond donors (Lipinski definition) is 0. The number of fused-ring (bicyclic) bond motifs is 4. The number of rotatable bonds is 4. The van der Waals surface area contributed by atoms with E-state index in [1.165, 1.54) is 10.8 Å². The van der Waals surface area contributed by atoms with Crippen molar-refractivity contribution in [3.63, 3.8) is 0 Å².